The highest BCUT2D eigenvalue weighted by atomic mass is 16.4. The summed E-state index contributed by atoms with van der Waals surface area (Å²) in [7, 11) is 0. The molecule has 2 aromatic rings. The van der Waals surface area contributed by atoms with Crippen molar-refractivity contribution in [1.29, 1.82) is 0 Å². The topological polar surface area (TPSA) is 49.3 Å². The maximum Gasteiger partial charge on any atom is 0.305 e. The molecular formula is C17H21NO2. The van der Waals surface area contributed by atoms with Crippen LogP contribution >= 0.6 is 0 Å². The summed E-state index contributed by atoms with van der Waals surface area (Å²) >= 11 is 0. The van der Waals surface area contributed by atoms with Crippen molar-refractivity contribution in [3.05, 3.63) is 48.0 Å². The number of aliphatic carboxylic acids is 1. The lowest BCUT2D eigenvalue weighted by Crippen LogP contribution is -2.42. The van der Waals surface area contributed by atoms with Gasteiger partial charge in [-0.05, 0) is 36.2 Å². The number of rotatable bonds is 6. The fourth-order valence-electron chi connectivity index (χ4n) is 2.66. The van der Waals surface area contributed by atoms with Crippen LogP contribution in [0, 0.1) is 0 Å². The maximum absolute atomic E-state index is 11.2. The lowest BCUT2D eigenvalue weighted by atomic mass is 9.85. The van der Waals surface area contributed by atoms with Crippen LogP contribution in [0.4, 0.5) is 0 Å². The largest absolute Gasteiger partial charge is 0.481 e. The van der Waals surface area contributed by atoms with Crippen LogP contribution in [-0.4, -0.2) is 17.6 Å². The molecular weight excluding hydrogens is 250 g/mol. The number of hydrogen-bond donors (Lipinski definition) is 2. The van der Waals surface area contributed by atoms with Crippen molar-refractivity contribution in [1.82, 2.24) is 5.32 Å². The molecule has 0 aromatic heterocycles. The minimum Gasteiger partial charge on any atom is -0.481 e. The van der Waals surface area contributed by atoms with Crippen LogP contribution in [0.15, 0.2) is 42.5 Å². The molecule has 0 bridgehead atoms. The van der Waals surface area contributed by atoms with Crippen molar-refractivity contribution in [2.45, 2.75) is 32.2 Å². The van der Waals surface area contributed by atoms with Crippen LogP contribution in [-0.2, 0) is 10.3 Å². The summed E-state index contributed by atoms with van der Waals surface area (Å²) in [6.07, 6.45) is 1.04. The zero-order valence-corrected chi connectivity index (χ0v) is 12.0. The van der Waals surface area contributed by atoms with E-state index in [1.54, 1.807) is 0 Å². The summed E-state index contributed by atoms with van der Waals surface area (Å²) in [5, 5.41) is 14.9. The first-order valence-corrected chi connectivity index (χ1v) is 7.02. The van der Waals surface area contributed by atoms with Crippen LogP contribution in [0.25, 0.3) is 10.8 Å². The average molecular weight is 271 g/mol. The Labute approximate surface area is 119 Å². The van der Waals surface area contributed by atoms with Crippen molar-refractivity contribution in [3.63, 3.8) is 0 Å². The monoisotopic (exact) mass is 271 g/mol. The molecule has 3 heteroatoms. The molecule has 20 heavy (non-hydrogen) atoms. The molecule has 0 aliphatic rings. The molecule has 0 radical (unpaired) electrons. The Hall–Kier alpha value is -1.87. The first-order chi connectivity index (χ1) is 9.57. The molecule has 1 atom stereocenters. The summed E-state index contributed by atoms with van der Waals surface area (Å²) < 4.78 is 0. The van der Waals surface area contributed by atoms with Crippen molar-refractivity contribution in [2.75, 3.05) is 6.54 Å². The molecule has 0 aliphatic carbocycles. The first-order valence-electron chi connectivity index (χ1n) is 7.02. The van der Waals surface area contributed by atoms with Crippen molar-refractivity contribution >= 4 is 16.7 Å². The number of carbonyl (C=O) groups is 1. The Kier molecular flexibility index (Phi) is 4.40. The standard InChI is InChI=1S/C17H21NO2/c1-3-11-18-17(2,12-16(19)20)15-10-6-8-13-7-4-5-9-14(13)15/h4-10,18H,3,11-12H2,1-2H3,(H,19,20). The van der Waals surface area contributed by atoms with Crippen molar-refractivity contribution in [3.8, 4) is 0 Å². The molecule has 1 unspecified atom stereocenters. The Morgan fingerprint density at radius 2 is 1.90 bits per heavy atom. The number of fused-ring (bicyclic) bond motifs is 1. The van der Waals surface area contributed by atoms with E-state index in [4.69, 9.17) is 0 Å². The quantitative estimate of drug-likeness (QED) is 0.845. The van der Waals surface area contributed by atoms with Gasteiger partial charge in [0, 0.05) is 0 Å². The predicted molar refractivity (Wildman–Crippen MR) is 81.8 cm³/mol. The number of carboxylic acid groups (broad SMARTS) is 1. The number of benzene rings is 2. The van der Waals surface area contributed by atoms with Gasteiger partial charge in [-0.1, -0.05) is 49.4 Å². The van der Waals surface area contributed by atoms with Gasteiger partial charge in [0.1, 0.15) is 0 Å². The van der Waals surface area contributed by atoms with E-state index < -0.39 is 11.5 Å². The summed E-state index contributed by atoms with van der Waals surface area (Å²) in [4.78, 5) is 11.2. The van der Waals surface area contributed by atoms with Crippen LogP contribution in [0.5, 0.6) is 0 Å². The van der Waals surface area contributed by atoms with E-state index in [9.17, 15) is 9.90 Å². The zero-order chi connectivity index (χ0) is 14.6. The number of nitrogens with one attached hydrogen (secondary N) is 1. The molecule has 2 aromatic carbocycles. The molecule has 0 spiro atoms. The summed E-state index contributed by atoms with van der Waals surface area (Å²) in [5.74, 6) is -0.788. The predicted octanol–water partition coefficient (Wildman–Crippen LogP) is 3.53. The lowest BCUT2D eigenvalue weighted by Gasteiger charge is -2.31. The highest BCUT2D eigenvalue weighted by Gasteiger charge is 2.30. The highest BCUT2D eigenvalue weighted by Crippen LogP contribution is 2.31. The van der Waals surface area contributed by atoms with Gasteiger partial charge < -0.3 is 10.4 Å². The van der Waals surface area contributed by atoms with Crippen LogP contribution in [0.1, 0.15) is 32.3 Å². The SMILES string of the molecule is CCCNC(C)(CC(=O)O)c1cccc2ccccc12. The number of carboxylic acids is 1. The summed E-state index contributed by atoms with van der Waals surface area (Å²) in [5.41, 5.74) is 0.495. The second-order valence-electron chi connectivity index (χ2n) is 5.36. The molecule has 0 saturated carbocycles. The van der Waals surface area contributed by atoms with Gasteiger partial charge in [0.15, 0.2) is 0 Å². The third kappa shape index (κ3) is 2.99. The van der Waals surface area contributed by atoms with E-state index in [1.165, 1.54) is 0 Å². The van der Waals surface area contributed by atoms with Gasteiger partial charge >= 0.3 is 5.97 Å². The van der Waals surface area contributed by atoms with Gasteiger partial charge in [0.25, 0.3) is 0 Å². The fraction of sp³-hybridized carbons (Fsp3) is 0.353. The van der Waals surface area contributed by atoms with E-state index in [0.29, 0.717) is 0 Å². The minimum atomic E-state index is -0.788. The van der Waals surface area contributed by atoms with E-state index in [-0.39, 0.29) is 6.42 Å². The van der Waals surface area contributed by atoms with E-state index in [0.717, 1.165) is 29.3 Å². The Morgan fingerprint density at radius 3 is 2.60 bits per heavy atom. The van der Waals surface area contributed by atoms with Crippen LogP contribution in [0.3, 0.4) is 0 Å². The molecule has 0 amide bonds. The zero-order valence-electron chi connectivity index (χ0n) is 12.0. The van der Waals surface area contributed by atoms with E-state index in [1.807, 2.05) is 31.2 Å². The molecule has 0 heterocycles. The molecule has 0 aliphatic heterocycles. The Bertz CT molecular complexity index is 603. The molecule has 106 valence electrons. The lowest BCUT2D eigenvalue weighted by molar-refractivity contribution is -0.138. The first kappa shape index (κ1) is 14.5. The minimum absolute atomic E-state index is 0.0704. The fourth-order valence-corrected chi connectivity index (χ4v) is 2.66. The van der Waals surface area contributed by atoms with Gasteiger partial charge in [-0.3, -0.25) is 4.79 Å². The normalized spacial score (nSPS) is 14.1. The van der Waals surface area contributed by atoms with E-state index in [2.05, 4.69) is 30.4 Å². The second-order valence-corrected chi connectivity index (χ2v) is 5.36. The molecule has 2 rings (SSSR count). The molecule has 0 fully saturated rings. The highest BCUT2D eigenvalue weighted by molar-refractivity contribution is 5.87. The van der Waals surface area contributed by atoms with Gasteiger partial charge in [0.2, 0.25) is 0 Å². The van der Waals surface area contributed by atoms with Gasteiger partial charge in [-0.15, -0.1) is 0 Å². The Balaban J connectivity index is 2.52. The second kappa shape index (κ2) is 6.06. The Morgan fingerprint density at radius 1 is 1.20 bits per heavy atom. The van der Waals surface area contributed by atoms with Gasteiger partial charge in [0.05, 0.1) is 12.0 Å². The average Bonchev–Trinajstić information content (AvgIpc) is 2.44. The van der Waals surface area contributed by atoms with Gasteiger partial charge in [-0.25, -0.2) is 0 Å². The number of hydrogen-bond acceptors (Lipinski definition) is 2. The van der Waals surface area contributed by atoms with Crippen molar-refractivity contribution < 1.29 is 9.90 Å². The smallest absolute Gasteiger partial charge is 0.305 e. The maximum atomic E-state index is 11.2. The van der Waals surface area contributed by atoms with Crippen LogP contribution < -0.4 is 5.32 Å². The van der Waals surface area contributed by atoms with E-state index >= 15 is 0 Å². The third-order valence-electron chi connectivity index (χ3n) is 3.65. The molecule has 3 nitrogen and oxygen atoms in total. The third-order valence-corrected chi connectivity index (χ3v) is 3.65. The van der Waals surface area contributed by atoms with Crippen molar-refractivity contribution in [2.24, 2.45) is 0 Å². The summed E-state index contributed by atoms with van der Waals surface area (Å²) in [6.45, 7) is 4.85. The van der Waals surface area contributed by atoms with Gasteiger partial charge in [-0.2, -0.15) is 0 Å². The van der Waals surface area contributed by atoms with Crippen LogP contribution in [0.2, 0.25) is 0 Å². The molecule has 0 saturated heterocycles. The summed E-state index contributed by atoms with van der Waals surface area (Å²) in [6, 6.07) is 14.2. The molecule has 2 N–H and O–H groups in total.